The van der Waals surface area contributed by atoms with Gasteiger partial charge in [-0.15, -0.1) is 48.8 Å². The molecule has 3 rings (SSSR count). The van der Waals surface area contributed by atoms with Gasteiger partial charge in [0.15, 0.2) is 0 Å². The number of hydrogen-bond donors (Lipinski definition) is 2. The number of thioether (sulfide) groups is 6. The van der Waals surface area contributed by atoms with Crippen molar-refractivity contribution < 1.29 is 0 Å². The zero-order chi connectivity index (χ0) is 11.8. The summed E-state index contributed by atoms with van der Waals surface area (Å²) in [6.07, 6.45) is 1.32. The van der Waals surface area contributed by atoms with Gasteiger partial charge in [0.2, 0.25) is 0 Å². The van der Waals surface area contributed by atoms with E-state index in [1.807, 2.05) is 47.0 Å². The minimum Gasteiger partial charge on any atom is -0.135 e. The van der Waals surface area contributed by atoms with Crippen molar-refractivity contribution >= 4 is 95.8 Å². The molecule has 0 spiro atoms. The molecule has 0 N–H and O–H groups in total. The van der Waals surface area contributed by atoms with Crippen LogP contribution in [0.2, 0.25) is 0 Å². The molecule has 8 heteroatoms. The second-order valence-corrected chi connectivity index (χ2v) is 12.0. The van der Waals surface area contributed by atoms with E-state index in [2.05, 4.69) is 25.3 Å². The van der Waals surface area contributed by atoms with Crippen LogP contribution in [0, 0.1) is 0 Å². The van der Waals surface area contributed by atoms with Crippen molar-refractivity contribution in [2.75, 3.05) is 11.5 Å². The van der Waals surface area contributed by atoms with Crippen molar-refractivity contribution in [3.05, 3.63) is 25.4 Å². The van der Waals surface area contributed by atoms with Gasteiger partial charge in [-0.3, -0.25) is 0 Å². The van der Waals surface area contributed by atoms with Crippen LogP contribution < -0.4 is 0 Å². The lowest BCUT2D eigenvalue weighted by atomic mass is 10.6. The van der Waals surface area contributed by atoms with Gasteiger partial charge in [0, 0.05) is 0 Å². The quantitative estimate of drug-likeness (QED) is 0.493. The number of thiol groups is 2. The predicted molar refractivity (Wildman–Crippen MR) is 98.9 cm³/mol. The standard InChI is InChI=1S/C9H8S8/c10-4-5(11)15-8(14-4)9-16-6-7(17-9)13-3-1-2-12-6/h10-11H,1-3H2. The molecule has 3 heterocycles. The van der Waals surface area contributed by atoms with Crippen LogP contribution in [0.25, 0.3) is 0 Å². The van der Waals surface area contributed by atoms with Crippen molar-refractivity contribution in [3.63, 3.8) is 0 Å². The van der Waals surface area contributed by atoms with Crippen LogP contribution in [0.3, 0.4) is 0 Å². The number of rotatable bonds is 0. The summed E-state index contributed by atoms with van der Waals surface area (Å²) in [5.74, 6) is 2.52. The minimum atomic E-state index is 1.03. The number of hydrogen-bond acceptors (Lipinski definition) is 8. The Hall–Kier alpha value is 2.02. The average molecular weight is 373 g/mol. The first-order chi connectivity index (χ1) is 8.24. The first kappa shape index (κ1) is 14.0. The van der Waals surface area contributed by atoms with Gasteiger partial charge in [-0.1, -0.05) is 47.0 Å². The maximum absolute atomic E-state index is 4.43. The average Bonchev–Trinajstić information content (AvgIpc) is 2.78. The molecule has 0 radical (unpaired) electrons. The first-order valence-electron chi connectivity index (χ1n) is 4.82. The Morgan fingerprint density at radius 3 is 1.65 bits per heavy atom. The molecule has 0 saturated heterocycles. The van der Waals surface area contributed by atoms with Crippen molar-refractivity contribution in [1.82, 2.24) is 0 Å². The molecular weight excluding hydrogens is 365 g/mol. The molecule has 0 aromatic carbocycles. The molecule has 0 bridgehead atoms. The van der Waals surface area contributed by atoms with Gasteiger partial charge in [0.25, 0.3) is 0 Å². The Bertz CT molecular complexity index is 410. The van der Waals surface area contributed by atoms with Crippen LogP contribution >= 0.6 is 95.8 Å². The Morgan fingerprint density at radius 1 is 0.647 bits per heavy atom. The molecule has 0 atom stereocenters. The predicted octanol–water partition coefficient (Wildman–Crippen LogP) is 6.06. The fourth-order valence-corrected chi connectivity index (χ4v) is 10.8. The molecular formula is C9H8S8. The summed E-state index contributed by atoms with van der Waals surface area (Å²) in [7, 11) is 0. The van der Waals surface area contributed by atoms with Gasteiger partial charge < -0.3 is 0 Å². The fourth-order valence-electron chi connectivity index (χ4n) is 1.29. The molecule has 0 nitrogen and oxygen atoms in total. The summed E-state index contributed by atoms with van der Waals surface area (Å²) in [5, 5.41) is 0. The summed E-state index contributed by atoms with van der Waals surface area (Å²) in [6.45, 7) is 0. The first-order valence-corrected chi connectivity index (χ1v) is 10.9. The van der Waals surface area contributed by atoms with E-state index >= 15 is 0 Å². The van der Waals surface area contributed by atoms with Crippen LogP contribution in [-0.4, -0.2) is 11.5 Å². The van der Waals surface area contributed by atoms with Crippen molar-refractivity contribution in [3.8, 4) is 0 Å². The van der Waals surface area contributed by atoms with Crippen LogP contribution in [0.5, 0.6) is 0 Å². The van der Waals surface area contributed by atoms with Gasteiger partial charge in [0.1, 0.15) is 0 Å². The molecule has 3 aliphatic heterocycles. The molecule has 92 valence electrons. The van der Waals surface area contributed by atoms with E-state index in [-0.39, 0.29) is 0 Å². The highest BCUT2D eigenvalue weighted by atomic mass is 32.3. The van der Waals surface area contributed by atoms with Crippen molar-refractivity contribution in [2.24, 2.45) is 0 Å². The van der Waals surface area contributed by atoms with Crippen LogP contribution in [0.4, 0.5) is 0 Å². The third-order valence-electron chi connectivity index (χ3n) is 2.02. The lowest BCUT2D eigenvalue weighted by Gasteiger charge is -2.03. The third-order valence-corrected chi connectivity index (χ3v) is 11.9. The van der Waals surface area contributed by atoms with Crippen LogP contribution in [-0.2, 0) is 0 Å². The zero-order valence-corrected chi connectivity index (χ0v) is 15.2. The maximum Gasteiger partial charge on any atom is 0.0717 e. The summed E-state index contributed by atoms with van der Waals surface area (Å²) in [6, 6.07) is 0. The Balaban J connectivity index is 1.77. The topological polar surface area (TPSA) is 0 Å². The Labute approximate surface area is 138 Å². The molecule has 0 aromatic rings. The fraction of sp³-hybridized carbons (Fsp3) is 0.333. The minimum absolute atomic E-state index is 1.03. The Kier molecular flexibility index (Phi) is 5.10. The zero-order valence-electron chi connectivity index (χ0n) is 8.47. The van der Waals surface area contributed by atoms with E-state index in [1.165, 1.54) is 34.9 Å². The van der Waals surface area contributed by atoms with E-state index in [1.54, 1.807) is 23.5 Å². The largest absolute Gasteiger partial charge is 0.135 e. The maximum atomic E-state index is 4.43. The lowest BCUT2D eigenvalue weighted by molar-refractivity contribution is 1.13. The van der Waals surface area contributed by atoms with E-state index in [0.717, 1.165) is 8.47 Å². The molecule has 0 amide bonds. The van der Waals surface area contributed by atoms with E-state index in [9.17, 15) is 0 Å². The second-order valence-electron chi connectivity index (χ2n) is 3.22. The molecule has 0 aliphatic carbocycles. The van der Waals surface area contributed by atoms with Gasteiger partial charge in [-0.25, -0.2) is 0 Å². The van der Waals surface area contributed by atoms with Crippen molar-refractivity contribution in [2.45, 2.75) is 6.42 Å². The van der Waals surface area contributed by atoms with E-state index in [0.29, 0.717) is 0 Å². The third kappa shape index (κ3) is 3.20. The second kappa shape index (κ2) is 6.20. The van der Waals surface area contributed by atoms with Gasteiger partial charge in [-0.2, -0.15) is 0 Å². The van der Waals surface area contributed by atoms with Crippen LogP contribution in [0.15, 0.2) is 25.4 Å². The lowest BCUT2D eigenvalue weighted by Crippen LogP contribution is -1.78. The molecule has 3 aliphatic rings. The summed E-state index contributed by atoms with van der Waals surface area (Å²) in [4.78, 5) is 0. The monoisotopic (exact) mass is 372 g/mol. The van der Waals surface area contributed by atoms with Gasteiger partial charge >= 0.3 is 0 Å². The SMILES string of the molecule is SC1=C(S)SC(=C2SC3=C(SCCCS3)S2)S1. The highest BCUT2D eigenvalue weighted by Crippen LogP contribution is 2.64. The summed E-state index contributed by atoms with van der Waals surface area (Å²) < 4.78 is 7.85. The smallest absolute Gasteiger partial charge is 0.0717 e. The van der Waals surface area contributed by atoms with E-state index in [4.69, 9.17) is 0 Å². The molecule has 0 fully saturated rings. The van der Waals surface area contributed by atoms with Crippen molar-refractivity contribution in [1.29, 1.82) is 0 Å². The molecule has 17 heavy (non-hydrogen) atoms. The summed E-state index contributed by atoms with van der Waals surface area (Å²) >= 11 is 20.3. The molecule has 0 aromatic heterocycles. The van der Waals surface area contributed by atoms with Gasteiger partial charge in [-0.05, 0) is 17.9 Å². The highest BCUT2D eigenvalue weighted by molar-refractivity contribution is 8.43. The van der Waals surface area contributed by atoms with Gasteiger partial charge in [0.05, 0.1) is 25.4 Å². The van der Waals surface area contributed by atoms with Crippen LogP contribution in [0.1, 0.15) is 6.42 Å². The summed E-state index contributed by atoms with van der Waals surface area (Å²) in [5.41, 5.74) is 0. The Morgan fingerprint density at radius 2 is 1.12 bits per heavy atom. The normalized spacial score (nSPS) is 25.8. The highest BCUT2D eigenvalue weighted by Gasteiger charge is 2.29. The molecule has 0 unspecified atom stereocenters. The van der Waals surface area contributed by atoms with E-state index < -0.39 is 0 Å². The molecule has 0 saturated carbocycles.